The van der Waals surface area contributed by atoms with E-state index in [0.29, 0.717) is 17.9 Å². The highest BCUT2D eigenvalue weighted by atomic mass is 32.2. The molecule has 3 rings (SSSR count). The molecule has 1 saturated heterocycles. The summed E-state index contributed by atoms with van der Waals surface area (Å²) < 4.78 is 23.3. The molecule has 1 fully saturated rings. The SMILES string of the molecule is CC1(Nc2ncnc3cc(N)ccc23)CCS(=O)(=O)C1. The molecular formula is C13H16N4O2S. The smallest absolute Gasteiger partial charge is 0.152 e. The van der Waals surface area contributed by atoms with Crippen LogP contribution >= 0.6 is 0 Å². The van der Waals surface area contributed by atoms with Gasteiger partial charge in [-0.15, -0.1) is 0 Å². The summed E-state index contributed by atoms with van der Waals surface area (Å²) in [5, 5.41) is 4.10. The number of benzene rings is 1. The van der Waals surface area contributed by atoms with Crippen LogP contribution in [0.15, 0.2) is 24.5 Å². The molecule has 0 aliphatic carbocycles. The van der Waals surface area contributed by atoms with Crippen LogP contribution in [0.25, 0.3) is 10.9 Å². The third-order valence-electron chi connectivity index (χ3n) is 3.58. The molecular weight excluding hydrogens is 276 g/mol. The Balaban J connectivity index is 1.99. The normalized spacial score (nSPS) is 24.9. The van der Waals surface area contributed by atoms with E-state index in [4.69, 9.17) is 5.73 Å². The minimum Gasteiger partial charge on any atom is -0.399 e. The Bertz CT molecular complexity index is 775. The van der Waals surface area contributed by atoms with Crippen LogP contribution in [0, 0.1) is 0 Å². The van der Waals surface area contributed by atoms with E-state index in [9.17, 15) is 8.42 Å². The molecule has 7 heteroatoms. The van der Waals surface area contributed by atoms with E-state index >= 15 is 0 Å². The monoisotopic (exact) mass is 292 g/mol. The molecule has 20 heavy (non-hydrogen) atoms. The summed E-state index contributed by atoms with van der Waals surface area (Å²) in [6.45, 7) is 1.91. The van der Waals surface area contributed by atoms with Crippen LogP contribution in [-0.4, -0.2) is 35.4 Å². The fourth-order valence-electron chi connectivity index (χ4n) is 2.57. The van der Waals surface area contributed by atoms with Crippen LogP contribution in [0.1, 0.15) is 13.3 Å². The van der Waals surface area contributed by atoms with Crippen molar-refractivity contribution in [1.29, 1.82) is 0 Å². The quantitative estimate of drug-likeness (QED) is 0.807. The van der Waals surface area contributed by atoms with Gasteiger partial charge in [-0.2, -0.15) is 0 Å². The molecule has 0 bridgehead atoms. The van der Waals surface area contributed by atoms with Crippen molar-refractivity contribution in [3.63, 3.8) is 0 Å². The molecule has 6 nitrogen and oxygen atoms in total. The maximum absolute atomic E-state index is 11.7. The molecule has 0 spiro atoms. The van der Waals surface area contributed by atoms with Gasteiger partial charge in [-0.3, -0.25) is 0 Å². The van der Waals surface area contributed by atoms with E-state index in [2.05, 4.69) is 15.3 Å². The van der Waals surface area contributed by atoms with Gasteiger partial charge in [-0.25, -0.2) is 18.4 Å². The predicted molar refractivity (Wildman–Crippen MR) is 79.2 cm³/mol. The lowest BCUT2D eigenvalue weighted by Crippen LogP contribution is -2.36. The first-order chi connectivity index (χ1) is 9.37. The van der Waals surface area contributed by atoms with Gasteiger partial charge in [0.2, 0.25) is 0 Å². The Morgan fingerprint density at radius 3 is 2.85 bits per heavy atom. The fraction of sp³-hybridized carbons (Fsp3) is 0.385. The van der Waals surface area contributed by atoms with Crippen LogP contribution in [0.3, 0.4) is 0 Å². The highest BCUT2D eigenvalue weighted by molar-refractivity contribution is 7.91. The number of aromatic nitrogens is 2. The molecule has 3 N–H and O–H groups in total. The second kappa shape index (κ2) is 4.31. The predicted octanol–water partition coefficient (Wildman–Crippen LogP) is 1.20. The summed E-state index contributed by atoms with van der Waals surface area (Å²) in [5.41, 5.74) is 6.63. The molecule has 1 aliphatic rings. The minimum atomic E-state index is -2.96. The third kappa shape index (κ3) is 2.40. The number of nitrogens with zero attached hydrogens (tertiary/aromatic N) is 2. The minimum absolute atomic E-state index is 0.125. The average Bonchev–Trinajstić information content (AvgIpc) is 2.63. The van der Waals surface area contributed by atoms with Gasteiger partial charge in [-0.1, -0.05) is 0 Å². The molecule has 1 atom stereocenters. The zero-order valence-corrected chi connectivity index (χ0v) is 11.9. The van der Waals surface area contributed by atoms with Crippen LogP contribution in [-0.2, 0) is 9.84 Å². The molecule has 1 aliphatic heterocycles. The second-order valence-electron chi connectivity index (χ2n) is 5.53. The van der Waals surface area contributed by atoms with Crippen molar-refractivity contribution in [3.05, 3.63) is 24.5 Å². The van der Waals surface area contributed by atoms with Crippen molar-refractivity contribution >= 4 is 32.2 Å². The van der Waals surface area contributed by atoms with E-state index in [1.54, 1.807) is 12.1 Å². The largest absolute Gasteiger partial charge is 0.399 e. The zero-order chi connectivity index (χ0) is 14.4. The first-order valence-electron chi connectivity index (χ1n) is 6.36. The molecule has 106 valence electrons. The molecule has 0 radical (unpaired) electrons. The Morgan fingerprint density at radius 1 is 1.35 bits per heavy atom. The third-order valence-corrected chi connectivity index (χ3v) is 5.49. The molecule has 0 saturated carbocycles. The van der Waals surface area contributed by atoms with E-state index in [1.807, 2.05) is 13.0 Å². The van der Waals surface area contributed by atoms with Crippen LogP contribution in [0.4, 0.5) is 11.5 Å². The van der Waals surface area contributed by atoms with Gasteiger partial charge in [0.15, 0.2) is 9.84 Å². The van der Waals surface area contributed by atoms with Crippen molar-refractivity contribution in [2.45, 2.75) is 18.9 Å². The molecule has 0 amide bonds. The van der Waals surface area contributed by atoms with E-state index in [-0.39, 0.29) is 11.5 Å². The maximum atomic E-state index is 11.7. The number of anilines is 2. The summed E-state index contributed by atoms with van der Waals surface area (Å²) in [6, 6.07) is 5.40. The Kier molecular flexibility index (Phi) is 2.82. The standard InChI is InChI=1S/C13H16N4O2S/c1-13(4-5-20(18,19)7-13)17-12-10-3-2-9(14)6-11(10)15-8-16-12/h2-3,6,8H,4-5,7,14H2,1H3,(H,15,16,17). The van der Waals surface area contributed by atoms with Gasteiger partial charge in [0, 0.05) is 11.1 Å². The van der Waals surface area contributed by atoms with Crippen LogP contribution in [0.2, 0.25) is 0 Å². The van der Waals surface area contributed by atoms with Crippen molar-refractivity contribution in [1.82, 2.24) is 9.97 Å². The topological polar surface area (TPSA) is 98.0 Å². The highest BCUT2D eigenvalue weighted by Crippen LogP contribution is 2.29. The fourth-order valence-corrected chi connectivity index (χ4v) is 4.66. The summed E-state index contributed by atoms with van der Waals surface area (Å²) in [6.07, 6.45) is 2.03. The number of hydrogen-bond donors (Lipinski definition) is 2. The number of hydrogen-bond acceptors (Lipinski definition) is 6. The van der Waals surface area contributed by atoms with E-state index < -0.39 is 15.4 Å². The lowest BCUT2D eigenvalue weighted by Gasteiger charge is -2.25. The Morgan fingerprint density at radius 2 is 2.15 bits per heavy atom. The molecule has 2 heterocycles. The maximum Gasteiger partial charge on any atom is 0.152 e. The number of nitrogens with two attached hydrogens (primary N) is 1. The van der Waals surface area contributed by atoms with E-state index in [0.717, 1.165) is 10.9 Å². The zero-order valence-electron chi connectivity index (χ0n) is 11.1. The van der Waals surface area contributed by atoms with Crippen molar-refractivity contribution < 1.29 is 8.42 Å². The van der Waals surface area contributed by atoms with Gasteiger partial charge in [0.1, 0.15) is 12.1 Å². The van der Waals surface area contributed by atoms with Gasteiger partial charge in [0.05, 0.1) is 22.6 Å². The first kappa shape index (κ1) is 13.1. The van der Waals surface area contributed by atoms with Gasteiger partial charge >= 0.3 is 0 Å². The van der Waals surface area contributed by atoms with Gasteiger partial charge < -0.3 is 11.1 Å². The van der Waals surface area contributed by atoms with Crippen molar-refractivity contribution in [2.24, 2.45) is 0 Å². The molecule has 2 aromatic rings. The Labute approximate surface area is 117 Å². The van der Waals surface area contributed by atoms with Crippen LogP contribution in [0.5, 0.6) is 0 Å². The number of nitrogens with one attached hydrogen (secondary N) is 1. The summed E-state index contributed by atoms with van der Waals surface area (Å²) >= 11 is 0. The Hall–Kier alpha value is -1.89. The second-order valence-corrected chi connectivity index (χ2v) is 7.71. The average molecular weight is 292 g/mol. The number of sulfone groups is 1. The lowest BCUT2D eigenvalue weighted by atomic mass is 10.0. The highest BCUT2D eigenvalue weighted by Gasteiger charge is 2.38. The first-order valence-corrected chi connectivity index (χ1v) is 8.18. The number of fused-ring (bicyclic) bond motifs is 1. The molecule has 1 aromatic carbocycles. The summed E-state index contributed by atoms with van der Waals surface area (Å²) in [7, 11) is -2.96. The lowest BCUT2D eigenvalue weighted by molar-refractivity contribution is 0.572. The molecule has 1 aromatic heterocycles. The van der Waals surface area contributed by atoms with Crippen molar-refractivity contribution in [2.75, 3.05) is 22.6 Å². The van der Waals surface area contributed by atoms with Crippen molar-refractivity contribution in [3.8, 4) is 0 Å². The number of rotatable bonds is 2. The number of nitrogen functional groups attached to an aromatic ring is 1. The van der Waals surface area contributed by atoms with Gasteiger partial charge in [-0.05, 0) is 31.5 Å². The van der Waals surface area contributed by atoms with E-state index in [1.165, 1.54) is 6.33 Å². The molecule has 1 unspecified atom stereocenters. The van der Waals surface area contributed by atoms with Crippen LogP contribution < -0.4 is 11.1 Å². The van der Waals surface area contributed by atoms with Gasteiger partial charge in [0.25, 0.3) is 0 Å². The summed E-state index contributed by atoms with van der Waals surface area (Å²) in [5.74, 6) is 0.988. The summed E-state index contributed by atoms with van der Waals surface area (Å²) in [4.78, 5) is 8.41.